The van der Waals surface area contributed by atoms with E-state index in [2.05, 4.69) is 19.1 Å². The molecule has 76 valence electrons. The monoisotopic (exact) mass is 208 g/mol. The highest BCUT2D eigenvalue weighted by atomic mass is 32.2. The number of thioether (sulfide) groups is 1. The largest absolute Gasteiger partial charge is 0.384 e. The quantitative estimate of drug-likeness (QED) is 0.765. The summed E-state index contributed by atoms with van der Waals surface area (Å²) >= 11 is 1.86. The SMILES string of the molecule is Cc1ccccc1[C@@]1(O)CCCSC1. The molecule has 0 aromatic heterocycles. The van der Waals surface area contributed by atoms with E-state index >= 15 is 0 Å². The van der Waals surface area contributed by atoms with Gasteiger partial charge in [0.1, 0.15) is 0 Å². The molecular formula is C12H16OS. The lowest BCUT2D eigenvalue weighted by Crippen LogP contribution is -2.32. The first-order valence-corrected chi connectivity index (χ1v) is 6.24. The van der Waals surface area contributed by atoms with Crippen molar-refractivity contribution in [1.29, 1.82) is 0 Å². The fraction of sp³-hybridized carbons (Fsp3) is 0.500. The van der Waals surface area contributed by atoms with Crippen LogP contribution in [0.4, 0.5) is 0 Å². The number of hydrogen-bond acceptors (Lipinski definition) is 2. The molecule has 0 saturated carbocycles. The molecule has 1 atom stereocenters. The Morgan fingerprint density at radius 1 is 1.36 bits per heavy atom. The highest BCUT2D eigenvalue weighted by molar-refractivity contribution is 7.99. The summed E-state index contributed by atoms with van der Waals surface area (Å²) in [7, 11) is 0. The Kier molecular flexibility index (Phi) is 2.84. The zero-order valence-electron chi connectivity index (χ0n) is 8.49. The molecule has 1 heterocycles. The molecule has 0 amide bonds. The minimum absolute atomic E-state index is 0.575. The van der Waals surface area contributed by atoms with Crippen LogP contribution in [-0.4, -0.2) is 16.6 Å². The summed E-state index contributed by atoms with van der Waals surface area (Å²) in [6.07, 6.45) is 2.03. The Labute approximate surface area is 89.5 Å². The average molecular weight is 208 g/mol. The van der Waals surface area contributed by atoms with Crippen molar-refractivity contribution in [1.82, 2.24) is 0 Å². The molecule has 1 aromatic rings. The van der Waals surface area contributed by atoms with Gasteiger partial charge in [-0.15, -0.1) is 0 Å². The van der Waals surface area contributed by atoms with Gasteiger partial charge in [0.05, 0.1) is 5.60 Å². The first-order valence-electron chi connectivity index (χ1n) is 5.09. The van der Waals surface area contributed by atoms with Crippen LogP contribution in [0.15, 0.2) is 24.3 Å². The van der Waals surface area contributed by atoms with Crippen LogP contribution in [0.1, 0.15) is 24.0 Å². The van der Waals surface area contributed by atoms with Crippen molar-refractivity contribution < 1.29 is 5.11 Å². The van der Waals surface area contributed by atoms with Crippen molar-refractivity contribution in [3.63, 3.8) is 0 Å². The predicted octanol–water partition coefficient (Wildman–Crippen LogP) is 2.71. The van der Waals surface area contributed by atoms with E-state index in [1.54, 1.807) is 0 Å². The lowest BCUT2D eigenvalue weighted by Gasteiger charge is -2.33. The lowest BCUT2D eigenvalue weighted by molar-refractivity contribution is 0.0489. The van der Waals surface area contributed by atoms with Crippen LogP contribution >= 0.6 is 11.8 Å². The van der Waals surface area contributed by atoms with Gasteiger partial charge in [-0.05, 0) is 36.6 Å². The Balaban J connectivity index is 2.32. The number of hydrogen-bond donors (Lipinski definition) is 1. The molecule has 0 unspecified atom stereocenters. The highest BCUT2D eigenvalue weighted by Crippen LogP contribution is 2.36. The van der Waals surface area contributed by atoms with E-state index in [-0.39, 0.29) is 0 Å². The van der Waals surface area contributed by atoms with E-state index in [0.29, 0.717) is 0 Å². The lowest BCUT2D eigenvalue weighted by atomic mass is 9.88. The van der Waals surface area contributed by atoms with Gasteiger partial charge in [0.2, 0.25) is 0 Å². The first kappa shape index (κ1) is 10.1. The number of benzene rings is 1. The van der Waals surface area contributed by atoms with Crippen molar-refractivity contribution >= 4 is 11.8 Å². The number of aryl methyl sites for hydroxylation is 1. The summed E-state index contributed by atoms with van der Waals surface area (Å²) in [5, 5.41) is 10.5. The Morgan fingerprint density at radius 2 is 2.14 bits per heavy atom. The van der Waals surface area contributed by atoms with Crippen LogP contribution < -0.4 is 0 Å². The second kappa shape index (κ2) is 3.95. The Bertz CT molecular complexity index is 316. The fourth-order valence-corrected chi connectivity index (χ4v) is 3.22. The maximum Gasteiger partial charge on any atom is 0.0989 e. The molecule has 0 spiro atoms. The van der Waals surface area contributed by atoms with E-state index in [0.717, 1.165) is 24.2 Å². The topological polar surface area (TPSA) is 20.2 Å². The smallest absolute Gasteiger partial charge is 0.0989 e. The van der Waals surface area contributed by atoms with Crippen LogP contribution in [0.5, 0.6) is 0 Å². The molecule has 2 rings (SSSR count). The maximum atomic E-state index is 10.5. The zero-order chi connectivity index (χ0) is 10.0. The van der Waals surface area contributed by atoms with Crippen molar-refractivity contribution in [2.24, 2.45) is 0 Å². The maximum absolute atomic E-state index is 10.5. The molecule has 0 bridgehead atoms. The van der Waals surface area contributed by atoms with E-state index < -0.39 is 5.60 Å². The second-order valence-electron chi connectivity index (χ2n) is 4.00. The summed E-state index contributed by atoms with van der Waals surface area (Å²) in [6, 6.07) is 8.17. The minimum atomic E-state index is -0.575. The van der Waals surface area contributed by atoms with Crippen LogP contribution in [0.25, 0.3) is 0 Å². The minimum Gasteiger partial charge on any atom is -0.384 e. The van der Waals surface area contributed by atoms with Gasteiger partial charge in [0, 0.05) is 5.75 Å². The molecule has 1 aromatic carbocycles. The molecule has 1 aliphatic heterocycles. The summed E-state index contributed by atoms with van der Waals surface area (Å²) in [5.41, 5.74) is 1.75. The van der Waals surface area contributed by atoms with Crippen LogP contribution in [-0.2, 0) is 5.60 Å². The third-order valence-electron chi connectivity index (χ3n) is 2.87. The average Bonchev–Trinajstić information content (AvgIpc) is 2.19. The van der Waals surface area contributed by atoms with E-state index in [1.165, 1.54) is 11.3 Å². The highest BCUT2D eigenvalue weighted by Gasteiger charge is 2.32. The molecule has 14 heavy (non-hydrogen) atoms. The van der Waals surface area contributed by atoms with Gasteiger partial charge in [-0.1, -0.05) is 24.3 Å². The predicted molar refractivity (Wildman–Crippen MR) is 61.6 cm³/mol. The summed E-state index contributed by atoms with van der Waals surface area (Å²) < 4.78 is 0. The second-order valence-corrected chi connectivity index (χ2v) is 5.11. The molecule has 1 N–H and O–H groups in total. The van der Waals surface area contributed by atoms with Crippen molar-refractivity contribution in [2.75, 3.05) is 11.5 Å². The summed E-state index contributed by atoms with van der Waals surface area (Å²) in [5.74, 6) is 2.03. The van der Waals surface area contributed by atoms with Crippen molar-refractivity contribution in [3.05, 3.63) is 35.4 Å². The van der Waals surface area contributed by atoms with Crippen molar-refractivity contribution in [2.45, 2.75) is 25.4 Å². The molecule has 1 fully saturated rings. The molecule has 2 heteroatoms. The third kappa shape index (κ3) is 1.82. The van der Waals surface area contributed by atoms with Gasteiger partial charge in [-0.3, -0.25) is 0 Å². The summed E-state index contributed by atoms with van der Waals surface area (Å²) in [6.45, 7) is 2.08. The standard InChI is InChI=1S/C12H16OS/c1-10-5-2-3-6-11(10)12(13)7-4-8-14-9-12/h2-3,5-6,13H,4,7-9H2,1H3/t12-/m1/s1. The Morgan fingerprint density at radius 3 is 2.79 bits per heavy atom. The number of rotatable bonds is 1. The first-order chi connectivity index (χ1) is 6.72. The molecular weight excluding hydrogens is 192 g/mol. The van der Waals surface area contributed by atoms with E-state index in [4.69, 9.17) is 0 Å². The molecule has 1 saturated heterocycles. The molecule has 0 aliphatic carbocycles. The summed E-state index contributed by atoms with van der Waals surface area (Å²) in [4.78, 5) is 0. The van der Waals surface area contributed by atoms with Crippen LogP contribution in [0, 0.1) is 6.92 Å². The number of aliphatic hydroxyl groups is 1. The third-order valence-corrected chi connectivity index (χ3v) is 4.13. The van der Waals surface area contributed by atoms with E-state index in [9.17, 15) is 5.11 Å². The van der Waals surface area contributed by atoms with Gasteiger partial charge in [0.15, 0.2) is 0 Å². The van der Waals surface area contributed by atoms with Gasteiger partial charge >= 0.3 is 0 Å². The van der Waals surface area contributed by atoms with Gasteiger partial charge in [0.25, 0.3) is 0 Å². The normalized spacial score (nSPS) is 27.6. The molecule has 0 radical (unpaired) electrons. The van der Waals surface area contributed by atoms with Gasteiger partial charge in [-0.25, -0.2) is 0 Å². The zero-order valence-corrected chi connectivity index (χ0v) is 9.31. The molecule has 1 aliphatic rings. The van der Waals surface area contributed by atoms with Gasteiger partial charge in [-0.2, -0.15) is 11.8 Å². The van der Waals surface area contributed by atoms with Crippen LogP contribution in [0.3, 0.4) is 0 Å². The van der Waals surface area contributed by atoms with Crippen LogP contribution in [0.2, 0.25) is 0 Å². The van der Waals surface area contributed by atoms with Crippen molar-refractivity contribution in [3.8, 4) is 0 Å². The van der Waals surface area contributed by atoms with E-state index in [1.807, 2.05) is 23.9 Å². The Hall–Kier alpha value is -0.470. The van der Waals surface area contributed by atoms with Gasteiger partial charge < -0.3 is 5.11 Å². The molecule has 1 nitrogen and oxygen atoms in total. The fourth-order valence-electron chi connectivity index (χ4n) is 2.09.